The molecule has 6 nitrogen and oxygen atoms in total. The van der Waals surface area contributed by atoms with Crippen molar-refractivity contribution in [3.63, 3.8) is 0 Å². The molecule has 37 heavy (non-hydrogen) atoms. The Labute approximate surface area is 226 Å². The van der Waals surface area contributed by atoms with Crippen LogP contribution in [-0.2, 0) is 4.79 Å². The first-order valence-electron chi connectivity index (χ1n) is 11.6. The molecular formula is C29H24BrN3O3S. The van der Waals surface area contributed by atoms with Gasteiger partial charge in [0.1, 0.15) is 5.75 Å². The predicted octanol–water partition coefficient (Wildman–Crippen LogP) is 4.95. The summed E-state index contributed by atoms with van der Waals surface area (Å²) in [5, 5.41) is 3.03. The number of anilines is 1. The smallest absolute Gasteiger partial charge is 0.271 e. The van der Waals surface area contributed by atoms with E-state index in [0.29, 0.717) is 20.6 Å². The molecule has 0 radical (unpaired) electrons. The van der Waals surface area contributed by atoms with Crippen LogP contribution < -0.4 is 24.9 Å². The minimum atomic E-state index is -0.619. The number of thiazole rings is 1. The molecule has 0 unspecified atom stereocenters. The zero-order valence-electron chi connectivity index (χ0n) is 20.5. The monoisotopic (exact) mass is 573 g/mol. The van der Waals surface area contributed by atoms with Crippen molar-refractivity contribution < 1.29 is 9.53 Å². The predicted molar refractivity (Wildman–Crippen MR) is 151 cm³/mol. The first-order valence-corrected chi connectivity index (χ1v) is 13.3. The number of para-hydroxylation sites is 1. The molecule has 0 saturated carbocycles. The number of rotatable bonds is 5. The number of hydrogen-bond donors (Lipinski definition) is 1. The molecule has 2 heterocycles. The number of nitrogens with one attached hydrogen (secondary N) is 1. The number of halogens is 1. The summed E-state index contributed by atoms with van der Waals surface area (Å²) in [6.45, 7) is 3.76. The summed E-state index contributed by atoms with van der Waals surface area (Å²) in [5.74, 6) is 0.460. The van der Waals surface area contributed by atoms with Crippen molar-refractivity contribution in [2.75, 3.05) is 12.4 Å². The van der Waals surface area contributed by atoms with Gasteiger partial charge in [0.25, 0.3) is 11.5 Å². The molecule has 0 saturated heterocycles. The molecule has 1 amide bonds. The second kappa shape index (κ2) is 10.3. The Morgan fingerprint density at radius 3 is 2.43 bits per heavy atom. The Bertz CT molecular complexity index is 1700. The summed E-state index contributed by atoms with van der Waals surface area (Å²) in [5.41, 5.74) is 4.20. The number of carbonyl (C=O) groups is 1. The number of allylic oxidation sites excluding steroid dienone is 1. The van der Waals surface area contributed by atoms with Crippen molar-refractivity contribution in [2.24, 2.45) is 4.99 Å². The molecule has 5 rings (SSSR count). The first-order chi connectivity index (χ1) is 17.9. The van der Waals surface area contributed by atoms with Crippen molar-refractivity contribution in [3.8, 4) is 5.75 Å². The Morgan fingerprint density at radius 2 is 1.76 bits per heavy atom. The molecule has 4 aromatic rings. The Balaban J connectivity index is 1.65. The molecule has 0 bridgehead atoms. The molecular weight excluding hydrogens is 550 g/mol. The van der Waals surface area contributed by atoms with Crippen LogP contribution in [0.1, 0.15) is 29.7 Å². The summed E-state index contributed by atoms with van der Waals surface area (Å²) in [7, 11) is 1.62. The van der Waals surface area contributed by atoms with Crippen LogP contribution in [0.2, 0.25) is 0 Å². The van der Waals surface area contributed by atoms with Gasteiger partial charge in [0, 0.05) is 10.2 Å². The van der Waals surface area contributed by atoms with E-state index in [2.05, 4.69) is 21.2 Å². The summed E-state index contributed by atoms with van der Waals surface area (Å²) >= 11 is 4.80. The van der Waals surface area contributed by atoms with Gasteiger partial charge in [-0.05, 0) is 66.9 Å². The lowest BCUT2D eigenvalue weighted by Gasteiger charge is -2.25. The van der Waals surface area contributed by atoms with E-state index in [1.165, 1.54) is 11.3 Å². The molecule has 1 aliphatic rings. The lowest BCUT2D eigenvalue weighted by atomic mass is 9.95. The fraction of sp³-hybridized carbons (Fsp3) is 0.138. The van der Waals surface area contributed by atoms with Crippen molar-refractivity contribution in [3.05, 3.63) is 125 Å². The van der Waals surface area contributed by atoms with Crippen molar-refractivity contribution >= 4 is 44.9 Å². The van der Waals surface area contributed by atoms with Crippen LogP contribution in [0.4, 0.5) is 5.69 Å². The second-order valence-corrected chi connectivity index (χ2v) is 10.6. The summed E-state index contributed by atoms with van der Waals surface area (Å²) in [4.78, 5) is 32.7. The number of nitrogens with zero attached hydrogens (tertiary/aromatic N) is 2. The molecule has 8 heteroatoms. The number of benzene rings is 3. The van der Waals surface area contributed by atoms with Gasteiger partial charge in [-0.25, -0.2) is 4.99 Å². The number of ether oxygens (including phenoxy) is 1. The summed E-state index contributed by atoms with van der Waals surface area (Å²) in [6, 6.07) is 22.2. The lowest BCUT2D eigenvalue weighted by molar-refractivity contribution is -0.113. The highest BCUT2D eigenvalue weighted by Gasteiger charge is 2.32. The van der Waals surface area contributed by atoms with Crippen LogP contribution in [0.25, 0.3) is 6.08 Å². The summed E-state index contributed by atoms with van der Waals surface area (Å²) in [6.07, 6.45) is 1.84. The van der Waals surface area contributed by atoms with Crippen LogP contribution in [0, 0.1) is 6.92 Å². The normalized spacial score (nSPS) is 15.2. The maximum absolute atomic E-state index is 13.8. The molecule has 1 atom stereocenters. The van der Waals surface area contributed by atoms with Gasteiger partial charge in [-0.3, -0.25) is 14.2 Å². The third-order valence-corrected chi connectivity index (χ3v) is 7.77. The minimum Gasteiger partial charge on any atom is -0.497 e. The van der Waals surface area contributed by atoms with Gasteiger partial charge in [-0.15, -0.1) is 0 Å². The van der Waals surface area contributed by atoms with E-state index in [9.17, 15) is 9.59 Å². The molecule has 0 fully saturated rings. The number of carbonyl (C=O) groups excluding carboxylic acids is 1. The standard InChI is InChI=1S/C29H24BrN3O3S/c1-17-6-4-5-7-23(17)32-27(34)25-18(2)31-29-33(26(25)20-10-12-21(30)13-11-20)28(35)24(37-29)16-19-8-14-22(36-3)15-9-19/h4-16,26H,1-3H3,(H,32,34)/b24-16+/t26-/m1/s1. The Hall–Kier alpha value is -3.75. The van der Waals surface area contributed by atoms with Gasteiger partial charge in [0.05, 0.1) is 29.0 Å². The van der Waals surface area contributed by atoms with E-state index in [1.54, 1.807) is 11.7 Å². The topological polar surface area (TPSA) is 72.7 Å². The zero-order valence-corrected chi connectivity index (χ0v) is 22.9. The highest BCUT2D eigenvalue weighted by molar-refractivity contribution is 9.10. The molecule has 1 aromatic heterocycles. The van der Waals surface area contributed by atoms with Gasteiger partial charge in [-0.1, -0.05) is 69.7 Å². The van der Waals surface area contributed by atoms with E-state index >= 15 is 0 Å². The number of aromatic nitrogens is 1. The maximum atomic E-state index is 13.8. The van der Waals surface area contributed by atoms with E-state index in [-0.39, 0.29) is 11.5 Å². The second-order valence-electron chi connectivity index (χ2n) is 8.68. The highest BCUT2D eigenvalue weighted by atomic mass is 79.9. The van der Waals surface area contributed by atoms with E-state index < -0.39 is 6.04 Å². The number of amides is 1. The third-order valence-electron chi connectivity index (χ3n) is 6.26. The average Bonchev–Trinajstić information content (AvgIpc) is 3.19. The highest BCUT2D eigenvalue weighted by Crippen LogP contribution is 2.31. The molecule has 1 N–H and O–H groups in total. The SMILES string of the molecule is COc1ccc(/C=c2/sc3n(c2=O)[C@H](c2ccc(Br)cc2)C(C(=O)Nc2ccccc2C)=C(C)N=3)cc1. The van der Waals surface area contributed by atoms with Crippen LogP contribution in [0.15, 0.2) is 98.3 Å². The van der Waals surface area contributed by atoms with Gasteiger partial charge in [0.15, 0.2) is 4.80 Å². The molecule has 186 valence electrons. The molecule has 1 aliphatic heterocycles. The fourth-order valence-corrected chi connectivity index (χ4v) is 5.64. The lowest BCUT2D eigenvalue weighted by Crippen LogP contribution is -2.40. The fourth-order valence-electron chi connectivity index (χ4n) is 4.33. The van der Waals surface area contributed by atoms with Gasteiger partial charge >= 0.3 is 0 Å². The molecule has 3 aromatic carbocycles. The van der Waals surface area contributed by atoms with Crippen molar-refractivity contribution in [2.45, 2.75) is 19.9 Å². The van der Waals surface area contributed by atoms with Crippen LogP contribution in [0.3, 0.4) is 0 Å². The summed E-state index contributed by atoms with van der Waals surface area (Å²) < 4.78 is 8.32. The van der Waals surface area contributed by atoms with Crippen molar-refractivity contribution in [1.82, 2.24) is 4.57 Å². The largest absolute Gasteiger partial charge is 0.497 e. The van der Waals surface area contributed by atoms with E-state index in [4.69, 9.17) is 9.73 Å². The first kappa shape index (κ1) is 24.9. The third kappa shape index (κ3) is 4.95. The van der Waals surface area contributed by atoms with Crippen LogP contribution in [0.5, 0.6) is 5.75 Å². The van der Waals surface area contributed by atoms with Crippen LogP contribution in [-0.4, -0.2) is 17.6 Å². The average molecular weight is 575 g/mol. The molecule has 0 aliphatic carbocycles. The van der Waals surface area contributed by atoms with E-state index in [1.807, 2.05) is 92.7 Å². The quantitative estimate of drug-likeness (QED) is 0.367. The maximum Gasteiger partial charge on any atom is 0.271 e. The molecule has 0 spiro atoms. The Kier molecular flexibility index (Phi) is 6.95. The number of fused-ring (bicyclic) bond motifs is 1. The minimum absolute atomic E-state index is 0.193. The number of aryl methyl sites for hydroxylation is 1. The van der Waals surface area contributed by atoms with Gasteiger partial charge in [-0.2, -0.15) is 0 Å². The van der Waals surface area contributed by atoms with Crippen molar-refractivity contribution in [1.29, 1.82) is 0 Å². The number of hydrogen-bond acceptors (Lipinski definition) is 5. The van der Waals surface area contributed by atoms with E-state index in [0.717, 1.165) is 32.6 Å². The zero-order chi connectivity index (χ0) is 26.1. The van der Waals surface area contributed by atoms with Crippen LogP contribution >= 0.6 is 27.3 Å². The van der Waals surface area contributed by atoms with Gasteiger partial charge in [0.2, 0.25) is 0 Å². The Morgan fingerprint density at radius 1 is 1.05 bits per heavy atom. The number of methoxy groups -OCH3 is 1. The van der Waals surface area contributed by atoms with Gasteiger partial charge < -0.3 is 10.1 Å².